The van der Waals surface area contributed by atoms with Crippen molar-refractivity contribution in [2.45, 2.75) is 31.0 Å². The minimum Gasteiger partial charge on any atom is -0.394 e. The Morgan fingerprint density at radius 2 is 2.29 bits per heavy atom. The van der Waals surface area contributed by atoms with Gasteiger partial charge in [-0.25, -0.2) is 15.4 Å². The molecule has 1 aliphatic rings. The molecule has 9 nitrogen and oxygen atoms in total. The number of ether oxygens (including phenoxy) is 1. The standard InChI is InChI=1S/C15H18N4O5/c1-4-8-5-19(13-10(8)12(18-23-3)16-7-17-13)14-15(2,22)11(21)9(6-20)24-14/h1,5,7,9,11,14,20-22H,6H2,2-3H3,(H,16,17,18)/t9?,11?,14?,15-/m1/s1. The molecule has 1 saturated heterocycles. The van der Waals surface area contributed by atoms with E-state index >= 15 is 0 Å². The van der Waals surface area contributed by atoms with Gasteiger partial charge in [0.15, 0.2) is 12.0 Å². The molecule has 0 saturated carbocycles. The van der Waals surface area contributed by atoms with Crippen LogP contribution in [0.15, 0.2) is 12.5 Å². The number of hydrogen-bond acceptors (Lipinski definition) is 8. The molecule has 4 N–H and O–H groups in total. The second kappa shape index (κ2) is 6.01. The quantitative estimate of drug-likeness (QED) is 0.431. The van der Waals surface area contributed by atoms with E-state index in [0.29, 0.717) is 22.4 Å². The number of nitrogens with zero attached hydrogens (tertiary/aromatic N) is 3. The SMILES string of the molecule is C#Cc1cn(C2OC(CO)C(O)[C@@]2(C)O)c2ncnc(NOC)c12. The lowest BCUT2D eigenvalue weighted by Gasteiger charge is -2.27. The van der Waals surface area contributed by atoms with Crippen LogP contribution < -0.4 is 5.48 Å². The van der Waals surface area contributed by atoms with Gasteiger partial charge in [0.25, 0.3) is 0 Å². The maximum atomic E-state index is 10.6. The summed E-state index contributed by atoms with van der Waals surface area (Å²) >= 11 is 0. The van der Waals surface area contributed by atoms with Gasteiger partial charge in [0.2, 0.25) is 0 Å². The molecule has 9 heteroatoms. The number of aliphatic hydroxyl groups is 3. The molecule has 0 amide bonds. The molecular formula is C15H18N4O5. The van der Waals surface area contributed by atoms with E-state index in [4.69, 9.17) is 16.0 Å². The molecule has 3 rings (SSSR count). The van der Waals surface area contributed by atoms with Crippen molar-refractivity contribution in [2.24, 2.45) is 0 Å². The molecule has 3 heterocycles. The highest BCUT2D eigenvalue weighted by molar-refractivity contribution is 5.93. The van der Waals surface area contributed by atoms with Gasteiger partial charge in [-0.15, -0.1) is 6.42 Å². The third-order valence-electron chi connectivity index (χ3n) is 4.15. The van der Waals surface area contributed by atoms with Gasteiger partial charge >= 0.3 is 0 Å². The van der Waals surface area contributed by atoms with Crippen molar-refractivity contribution >= 4 is 16.9 Å². The number of fused-ring (bicyclic) bond motifs is 1. The fourth-order valence-electron chi connectivity index (χ4n) is 2.94. The number of rotatable bonds is 4. The Kier molecular flexibility index (Phi) is 4.16. The lowest BCUT2D eigenvalue weighted by Crippen LogP contribution is -2.44. The first-order chi connectivity index (χ1) is 11.5. The molecule has 1 fully saturated rings. The van der Waals surface area contributed by atoms with Crippen LogP contribution >= 0.6 is 0 Å². The van der Waals surface area contributed by atoms with Gasteiger partial charge in [-0.2, -0.15) is 0 Å². The van der Waals surface area contributed by atoms with Crippen LogP contribution in [-0.2, 0) is 9.57 Å². The lowest BCUT2D eigenvalue weighted by atomic mass is 9.96. The predicted molar refractivity (Wildman–Crippen MR) is 83.7 cm³/mol. The van der Waals surface area contributed by atoms with Gasteiger partial charge < -0.3 is 24.6 Å². The molecule has 0 spiro atoms. The smallest absolute Gasteiger partial charge is 0.167 e. The molecule has 0 bridgehead atoms. The van der Waals surface area contributed by atoms with Crippen LogP contribution in [0.1, 0.15) is 18.7 Å². The van der Waals surface area contributed by atoms with Gasteiger partial charge in [-0.3, -0.25) is 4.84 Å². The fourth-order valence-corrected chi connectivity index (χ4v) is 2.94. The van der Waals surface area contributed by atoms with E-state index in [2.05, 4.69) is 21.4 Å². The highest BCUT2D eigenvalue weighted by Crippen LogP contribution is 2.40. The van der Waals surface area contributed by atoms with Crippen LogP contribution in [0.2, 0.25) is 0 Å². The number of anilines is 1. The average molecular weight is 334 g/mol. The second-order valence-electron chi connectivity index (χ2n) is 5.70. The Morgan fingerprint density at radius 3 is 2.88 bits per heavy atom. The summed E-state index contributed by atoms with van der Waals surface area (Å²) in [6.45, 7) is 0.995. The van der Waals surface area contributed by atoms with Gasteiger partial charge in [-0.1, -0.05) is 5.92 Å². The highest BCUT2D eigenvalue weighted by atomic mass is 16.6. The monoisotopic (exact) mass is 334 g/mol. The zero-order valence-electron chi connectivity index (χ0n) is 13.2. The largest absolute Gasteiger partial charge is 0.394 e. The van der Waals surface area contributed by atoms with Crippen LogP contribution in [0.3, 0.4) is 0 Å². The van der Waals surface area contributed by atoms with Crippen LogP contribution in [0.25, 0.3) is 11.0 Å². The van der Waals surface area contributed by atoms with Crippen molar-refractivity contribution in [2.75, 3.05) is 19.2 Å². The third kappa shape index (κ3) is 2.32. The van der Waals surface area contributed by atoms with E-state index in [9.17, 15) is 15.3 Å². The van der Waals surface area contributed by atoms with E-state index in [1.807, 2.05) is 0 Å². The molecule has 3 unspecified atom stereocenters. The summed E-state index contributed by atoms with van der Waals surface area (Å²) in [5, 5.41) is 30.7. The van der Waals surface area contributed by atoms with Crippen LogP contribution in [-0.4, -0.2) is 61.4 Å². The maximum absolute atomic E-state index is 10.6. The minimum absolute atomic E-state index is 0.367. The normalized spacial score (nSPS) is 29.8. The lowest BCUT2D eigenvalue weighted by molar-refractivity contribution is -0.0948. The van der Waals surface area contributed by atoms with Crippen LogP contribution in [0.5, 0.6) is 0 Å². The first-order valence-corrected chi connectivity index (χ1v) is 7.23. The molecule has 0 radical (unpaired) electrons. The zero-order chi connectivity index (χ0) is 17.5. The van der Waals surface area contributed by atoms with Gasteiger partial charge in [0, 0.05) is 6.20 Å². The molecule has 128 valence electrons. The van der Waals surface area contributed by atoms with Crippen molar-refractivity contribution in [3.63, 3.8) is 0 Å². The van der Waals surface area contributed by atoms with Crippen LogP contribution in [0, 0.1) is 12.3 Å². The Balaban J connectivity index is 2.18. The summed E-state index contributed by atoms with van der Waals surface area (Å²) in [4.78, 5) is 13.2. The van der Waals surface area contributed by atoms with E-state index < -0.39 is 30.6 Å². The summed E-state index contributed by atoms with van der Waals surface area (Å²) < 4.78 is 7.14. The van der Waals surface area contributed by atoms with E-state index in [1.165, 1.54) is 24.9 Å². The molecule has 4 atom stereocenters. The van der Waals surface area contributed by atoms with Crippen molar-refractivity contribution < 1.29 is 24.9 Å². The Hall–Kier alpha value is -2.22. The van der Waals surface area contributed by atoms with Crippen LogP contribution in [0.4, 0.5) is 5.82 Å². The Labute approximate surface area is 137 Å². The summed E-state index contributed by atoms with van der Waals surface area (Å²) in [5.41, 5.74) is 1.84. The number of aliphatic hydroxyl groups excluding tert-OH is 2. The van der Waals surface area contributed by atoms with Crippen molar-refractivity contribution in [1.29, 1.82) is 0 Å². The zero-order valence-corrected chi connectivity index (χ0v) is 13.2. The predicted octanol–water partition coefficient (Wildman–Crippen LogP) is -0.613. The van der Waals surface area contributed by atoms with E-state index in [1.54, 1.807) is 6.20 Å². The molecular weight excluding hydrogens is 316 g/mol. The molecule has 0 aliphatic carbocycles. The summed E-state index contributed by atoms with van der Waals surface area (Å²) in [7, 11) is 1.44. The number of hydrogen-bond donors (Lipinski definition) is 4. The highest BCUT2D eigenvalue weighted by Gasteiger charge is 2.53. The molecule has 2 aromatic rings. The van der Waals surface area contributed by atoms with Gasteiger partial charge in [0.05, 0.1) is 24.7 Å². The molecule has 2 aromatic heterocycles. The fraction of sp³-hybridized carbons (Fsp3) is 0.467. The first kappa shape index (κ1) is 16.6. The average Bonchev–Trinajstić information content (AvgIpc) is 3.04. The summed E-state index contributed by atoms with van der Waals surface area (Å²) in [6, 6.07) is 0. The molecule has 0 aromatic carbocycles. The van der Waals surface area contributed by atoms with Crippen molar-refractivity contribution in [1.82, 2.24) is 14.5 Å². The summed E-state index contributed by atoms with van der Waals surface area (Å²) in [5.74, 6) is 2.90. The van der Waals surface area contributed by atoms with Gasteiger partial charge in [0.1, 0.15) is 29.8 Å². The Bertz CT molecular complexity index is 797. The summed E-state index contributed by atoms with van der Waals surface area (Å²) in [6.07, 6.45) is 5.27. The topological polar surface area (TPSA) is 122 Å². The van der Waals surface area contributed by atoms with E-state index in [-0.39, 0.29) is 0 Å². The minimum atomic E-state index is -1.65. The second-order valence-corrected chi connectivity index (χ2v) is 5.70. The van der Waals surface area contributed by atoms with Crippen molar-refractivity contribution in [3.8, 4) is 12.3 Å². The third-order valence-corrected chi connectivity index (χ3v) is 4.15. The van der Waals surface area contributed by atoms with Gasteiger partial charge in [-0.05, 0) is 6.92 Å². The molecule has 24 heavy (non-hydrogen) atoms. The number of terminal acetylenes is 1. The number of nitrogens with one attached hydrogen (secondary N) is 1. The van der Waals surface area contributed by atoms with Crippen molar-refractivity contribution in [3.05, 3.63) is 18.1 Å². The first-order valence-electron chi connectivity index (χ1n) is 7.23. The maximum Gasteiger partial charge on any atom is 0.167 e. The number of aromatic nitrogens is 3. The Morgan fingerprint density at radius 1 is 1.54 bits per heavy atom. The molecule has 1 aliphatic heterocycles. The van der Waals surface area contributed by atoms with E-state index in [0.717, 1.165) is 0 Å².